The Balaban J connectivity index is 1.82. The quantitative estimate of drug-likeness (QED) is 0.520. The van der Waals surface area contributed by atoms with Crippen molar-refractivity contribution in [2.75, 3.05) is 5.32 Å². The van der Waals surface area contributed by atoms with Gasteiger partial charge in [-0.3, -0.25) is 4.79 Å². The molecule has 3 nitrogen and oxygen atoms in total. The van der Waals surface area contributed by atoms with Gasteiger partial charge < -0.3 is 10.4 Å². The van der Waals surface area contributed by atoms with Crippen LogP contribution in [0, 0.1) is 0 Å². The molecule has 2 aromatic rings. The second-order valence-electron chi connectivity index (χ2n) is 5.92. The fraction of sp³-hybridized carbons (Fsp3) is 0.286. The summed E-state index contributed by atoms with van der Waals surface area (Å²) < 4.78 is 0. The molecular weight excluding hydrogens is 298 g/mol. The van der Waals surface area contributed by atoms with Gasteiger partial charge in [0, 0.05) is 11.8 Å². The topological polar surface area (TPSA) is 49.3 Å². The number of unbranched alkanes of at least 4 members (excludes halogenated alkanes) is 3. The van der Waals surface area contributed by atoms with Crippen molar-refractivity contribution in [1.82, 2.24) is 0 Å². The van der Waals surface area contributed by atoms with E-state index >= 15 is 0 Å². The summed E-state index contributed by atoms with van der Waals surface area (Å²) >= 11 is 0. The lowest BCUT2D eigenvalue weighted by Gasteiger charge is -2.05. The minimum absolute atomic E-state index is 0.168. The highest BCUT2D eigenvalue weighted by molar-refractivity contribution is 6.01. The van der Waals surface area contributed by atoms with Crippen LogP contribution in [-0.2, 0) is 11.2 Å². The fourth-order valence-corrected chi connectivity index (χ4v) is 2.45. The second-order valence-corrected chi connectivity index (χ2v) is 5.92. The van der Waals surface area contributed by atoms with E-state index in [0.29, 0.717) is 0 Å². The van der Waals surface area contributed by atoms with Gasteiger partial charge in [-0.25, -0.2) is 0 Å². The monoisotopic (exact) mass is 323 g/mol. The average molecular weight is 323 g/mol. The lowest BCUT2D eigenvalue weighted by atomic mass is 10.1. The Hall–Kier alpha value is -2.55. The molecule has 2 aromatic carbocycles. The first kappa shape index (κ1) is 17.8. The molecule has 0 saturated carbocycles. The van der Waals surface area contributed by atoms with Crippen molar-refractivity contribution < 1.29 is 9.90 Å². The summed E-state index contributed by atoms with van der Waals surface area (Å²) in [5, 5.41) is 12.1. The first-order valence-electron chi connectivity index (χ1n) is 8.54. The van der Waals surface area contributed by atoms with E-state index in [4.69, 9.17) is 0 Å². The maximum absolute atomic E-state index is 11.9. The number of carbonyl (C=O) groups excluding carboxylic acids is 1. The number of hydrogen-bond donors (Lipinski definition) is 2. The van der Waals surface area contributed by atoms with Crippen LogP contribution in [0.3, 0.4) is 0 Å². The van der Waals surface area contributed by atoms with Gasteiger partial charge in [-0.15, -0.1) is 0 Å². The Morgan fingerprint density at radius 1 is 1.00 bits per heavy atom. The average Bonchev–Trinajstić information content (AvgIpc) is 2.60. The number of rotatable bonds is 8. The van der Waals surface area contributed by atoms with Gasteiger partial charge in [-0.1, -0.05) is 50.5 Å². The van der Waals surface area contributed by atoms with Crippen molar-refractivity contribution in [3.8, 4) is 5.75 Å². The highest BCUT2D eigenvalue weighted by atomic mass is 16.3. The van der Waals surface area contributed by atoms with E-state index in [2.05, 4.69) is 24.4 Å². The minimum Gasteiger partial charge on any atom is -0.508 e. The molecule has 0 aromatic heterocycles. The summed E-state index contributed by atoms with van der Waals surface area (Å²) in [6.45, 7) is 2.22. The second kappa shape index (κ2) is 9.56. The maximum atomic E-state index is 11.9. The molecule has 0 fully saturated rings. The summed E-state index contributed by atoms with van der Waals surface area (Å²) in [5.41, 5.74) is 2.97. The van der Waals surface area contributed by atoms with Crippen LogP contribution >= 0.6 is 0 Å². The number of nitrogens with one attached hydrogen (secondary N) is 1. The van der Waals surface area contributed by atoms with E-state index in [1.807, 2.05) is 12.1 Å². The molecule has 0 aliphatic heterocycles. The van der Waals surface area contributed by atoms with Gasteiger partial charge in [0.2, 0.25) is 5.91 Å². The Bertz CT molecular complexity index is 657. The molecule has 2 rings (SSSR count). The number of amides is 1. The van der Waals surface area contributed by atoms with E-state index < -0.39 is 0 Å². The summed E-state index contributed by atoms with van der Waals surface area (Å²) in [6, 6.07) is 14.7. The molecule has 0 radical (unpaired) electrons. The number of phenols is 1. The van der Waals surface area contributed by atoms with Crippen LogP contribution in [0.1, 0.15) is 43.7 Å². The van der Waals surface area contributed by atoms with Crippen molar-refractivity contribution in [3.05, 3.63) is 65.7 Å². The lowest BCUT2D eigenvalue weighted by molar-refractivity contribution is -0.111. The SMILES string of the molecule is CCCCCCc1ccc(NC(=O)C=Cc2ccc(O)cc2)cc1. The van der Waals surface area contributed by atoms with Gasteiger partial charge in [0.15, 0.2) is 0 Å². The molecule has 3 heteroatoms. The van der Waals surface area contributed by atoms with Crippen LogP contribution in [0.5, 0.6) is 5.75 Å². The predicted molar refractivity (Wildman–Crippen MR) is 100 cm³/mol. The van der Waals surface area contributed by atoms with Crippen LogP contribution < -0.4 is 5.32 Å². The fourth-order valence-electron chi connectivity index (χ4n) is 2.45. The first-order valence-corrected chi connectivity index (χ1v) is 8.54. The number of benzene rings is 2. The number of carbonyl (C=O) groups is 1. The zero-order valence-corrected chi connectivity index (χ0v) is 14.2. The molecule has 2 N–H and O–H groups in total. The number of phenolic OH excluding ortho intramolecular Hbond substituents is 1. The third-order valence-corrected chi connectivity index (χ3v) is 3.86. The van der Waals surface area contributed by atoms with Crippen LogP contribution in [-0.4, -0.2) is 11.0 Å². The molecule has 1 amide bonds. The van der Waals surface area contributed by atoms with E-state index in [0.717, 1.165) is 17.7 Å². The van der Waals surface area contributed by atoms with Crippen LogP contribution in [0.4, 0.5) is 5.69 Å². The summed E-state index contributed by atoms with van der Waals surface area (Å²) in [6.07, 6.45) is 9.34. The van der Waals surface area contributed by atoms with Crippen LogP contribution in [0.25, 0.3) is 6.08 Å². The summed E-state index contributed by atoms with van der Waals surface area (Å²) in [4.78, 5) is 11.9. The number of aryl methyl sites for hydroxylation is 1. The van der Waals surface area contributed by atoms with Crippen molar-refractivity contribution in [3.63, 3.8) is 0 Å². The highest BCUT2D eigenvalue weighted by Gasteiger charge is 1.99. The van der Waals surface area contributed by atoms with Crippen molar-refractivity contribution in [2.45, 2.75) is 39.0 Å². The van der Waals surface area contributed by atoms with Crippen LogP contribution in [0.2, 0.25) is 0 Å². The molecular formula is C21H25NO2. The predicted octanol–water partition coefficient (Wildman–Crippen LogP) is 5.17. The smallest absolute Gasteiger partial charge is 0.248 e. The van der Waals surface area contributed by atoms with E-state index in [-0.39, 0.29) is 11.7 Å². The molecule has 0 bridgehead atoms. The van der Waals surface area contributed by atoms with Gasteiger partial charge in [-0.2, -0.15) is 0 Å². The largest absolute Gasteiger partial charge is 0.508 e. The molecule has 0 unspecified atom stereocenters. The third kappa shape index (κ3) is 6.29. The summed E-state index contributed by atoms with van der Waals surface area (Å²) in [5.74, 6) is 0.0464. The zero-order chi connectivity index (χ0) is 17.2. The lowest BCUT2D eigenvalue weighted by Crippen LogP contribution is -2.07. The van der Waals surface area contributed by atoms with Crippen molar-refractivity contribution >= 4 is 17.7 Å². The van der Waals surface area contributed by atoms with E-state index in [1.165, 1.54) is 37.3 Å². The Morgan fingerprint density at radius 3 is 2.38 bits per heavy atom. The third-order valence-electron chi connectivity index (χ3n) is 3.86. The Labute approximate surface area is 144 Å². The summed E-state index contributed by atoms with van der Waals surface area (Å²) in [7, 11) is 0. The highest BCUT2D eigenvalue weighted by Crippen LogP contribution is 2.14. The number of hydrogen-bond acceptors (Lipinski definition) is 2. The Kier molecular flexibility index (Phi) is 7.09. The minimum atomic E-state index is -0.168. The Morgan fingerprint density at radius 2 is 1.71 bits per heavy atom. The normalized spacial score (nSPS) is 10.9. The van der Waals surface area contributed by atoms with E-state index in [1.54, 1.807) is 30.3 Å². The molecule has 24 heavy (non-hydrogen) atoms. The number of aromatic hydroxyl groups is 1. The van der Waals surface area contributed by atoms with Gasteiger partial charge in [0.1, 0.15) is 5.75 Å². The standard InChI is InChI=1S/C21H25NO2/c1-2-3-4-5-6-17-7-12-19(13-8-17)22-21(24)16-11-18-9-14-20(23)15-10-18/h7-16,23H,2-6H2,1H3,(H,22,24). The molecule has 0 spiro atoms. The molecule has 0 heterocycles. The molecule has 0 atom stereocenters. The van der Waals surface area contributed by atoms with Gasteiger partial charge >= 0.3 is 0 Å². The molecule has 0 aliphatic carbocycles. The number of anilines is 1. The first-order chi connectivity index (χ1) is 11.7. The van der Waals surface area contributed by atoms with E-state index in [9.17, 15) is 9.90 Å². The van der Waals surface area contributed by atoms with Crippen molar-refractivity contribution in [1.29, 1.82) is 0 Å². The molecule has 126 valence electrons. The maximum Gasteiger partial charge on any atom is 0.248 e. The molecule has 0 saturated heterocycles. The van der Waals surface area contributed by atoms with Crippen LogP contribution in [0.15, 0.2) is 54.6 Å². The van der Waals surface area contributed by atoms with Gasteiger partial charge in [0.05, 0.1) is 0 Å². The zero-order valence-electron chi connectivity index (χ0n) is 14.2. The molecule has 0 aliphatic rings. The van der Waals surface area contributed by atoms with Gasteiger partial charge in [0.25, 0.3) is 0 Å². The van der Waals surface area contributed by atoms with Crippen molar-refractivity contribution in [2.24, 2.45) is 0 Å². The van der Waals surface area contributed by atoms with Gasteiger partial charge in [-0.05, 0) is 54.3 Å².